The summed E-state index contributed by atoms with van der Waals surface area (Å²) in [7, 11) is 0. The molecule has 0 spiro atoms. The van der Waals surface area contributed by atoms with Crippen LogP contribution in [0.1, 0.15) is 25.3 Å². The fourth-order valence-corrected chi connectivity index (χ4v) is 1.42. The minimum absolute atomic E-state index is 0.591. The molecule has 1 aromatic carbocycles. The first-order chi connectivity index (χ1) is 8.43. The standard InChI is InChI=1S/C13H15NO4/c1-8(10-6-4-3-5-7-10)11(15)12(16)14-9(2)13(17)18/h3-9H,1-2H3,(H,14,16)(H,17,18). The first kappa shape index (κ1) is 13.9. The number of benzene rings is 1. The van der Waals surface area contributed by atoms with Gasteiger partial charge in [0, 0.05) is 5.92 Å². The fourth-order valence-electron chi connectivity index (χ4n) is 1.42. The second-order valence-corrected chi connectivity index (χ2v) is 4.03. The molecule has 5 heteroatoms. The lowest BCUT2D eigenvalue weighted by molar-refractivity contribution is -0.144. The van der Waals surface area contributed by atoms with Crippen molar-refractivity contribution < 1.29 is 19.5 Å². The largest absolute Gasteiger partial charge is 0.480 e. The average Bonchev–Trinajstić information content (AvgIpc) is 2.37. The Morgan fingerprint density at radius 1 is 1.11 bits per heavy atom. The van der Waals surface area contributed by atoms with Gasteiger partial charge in [0.2, 0.25) is 5.78 Å². The number of rotatable bonds is 5. The Labute approximate surface area is 105 Å². The molecule has 96 valence electrons. The zero-order valence-electron chi connectivity index (χ0n) is 10.2. The first-order valence-corrected chi connectivity index (χ1v) is 5.56. The smallest absolute Gasteiger partial charge is 0.325 e. The lowest BCUT2D eigenvalue weighted by Gasteiger charge is -2.12. The van der Waals surface area contributed by atoms with Crippen molar-refractivity contribution in [3.05, 3.63) is 35.9 Å². The highest BCUT2D eigenvalue weighted by molar-refractivity contribution is 6.38. The highest BCUT2D eigenvalue weighted by Gasteiger charge is 2.25. The van der Waals surface area contributed by atoms with Gasteiger partial charge in [-0.15, -0.1) is 0 Å². The molecule has 0 saturated carbocycles. The normalized spacial score (nSPS) is 13.4. The van der Waals surface area contributed by atoms with Crippen molar-refractivity contribution in [3.8, 4) is 0 Å². The number of nitrogens with one attached hydrogen (secondary N) is 1. The van der Waals surface area contributed by atoms with Gasteiger partial charge in [0.25, 0.3) is 5.91 Å². The topological polar surface area (TPSA) is 83.5 Å². The number of carboxylic acid groups (broad SMARTS) is 1. The highest BCUT2D eigenvalue weighted by Crippen LogP contribution is 2.15. The van der Waals surface area contributed by atoms with Crippen molar-refractivity contribution in [1.29, 1.82) is 0 Å². The van der Waals surface area contributed by atoms with E-state index in [0.29, 0.717) is 0 Å². The van der Waals surface area contributed by atoms with Crippen LogP contribution >= 0.6 is 0 Å². The Balaban J connectivity index is 2.70. The molecule has 0 bridgehead atoms. The van der Waals surface area contributed by atoms with Gasteiger partial charge in [-0.2, -0.15) is 0 Å². The summed E-state index contributed by atoms with van der Waals surface area (Å²) >= 11 is 0. The number of carbonyl (C=O) groups is 3. The van der Waals surface area contributed by atoms with E-state index < -0.39 is 29.6 Å². The van der Waals surface area contributed by atoms with Crippen molar-refractivity contribution in [2.24, 2.45) is 0 Å². The van der Waals surface area contributed by atoms with E-state index in [1.54, 1.807) is 31.2 Å². The van der Waals surface area contributed by atoms with Crippen molar-refractivity contribution in [3.63, 3.8) is 0 Å². The van der Waals surface area contributed by atoms with Crippen LogP contribution in [0.5, 0.6) is 0 Å². The van der Waals surface area contributed by atoms with Crippen molar-refractivity contribution in [2.75, 3.05) is 0 Å². The molecule has 0 aliphatic carbocycles. The van der Waals surface area contributed by atoms with E-state index in [0.717, 1.165) is 5.56 Å². The molecule has 0 heterocycles. The molecule has 5 nitrogen and oxygen atoms in total. The van der Waals surface area contributed by atoms with E-state index >= 15 is 0 Å². The molecule has 0 aliphatic rings. The van der Waals surface area contributed by atoms with Crippen LogP contribution in [-0.4, -0.2) is 28.8 Å². The Morgan fingerprint density at radius 2 is 1.67 bits per heavy atom. The zero-order valence-corrected chi connectivity index (χ0v) is 10.2. The van der Waals surface area contributed by atoms with Gasteiger partial charge in [0.1, 0.15) is 6.04 Å². The van der Waals surface area contributed by atoms with Gasteiger partial charge in [0.15, 0.2) is 0 Å². The molecule has 1 rings (SSSR count). The quantitative estimate of drug-likeness (QED) is 0.761. The molecule has 0 aromatic heterocycles. The van der Waals surface area contributed by atoms with Crippen LogP contribution in [0.2, 0.25) is 0 Å². The molecule has 0 fully saturated rings. The summed E-state index contributed by atoms with van der Waals surface area (Å²) in [4.78, 5) is 33.9. The van der Waals surface area contributed by atoms with Crippen LogP contribution in [0, 0.1) is 0 Å². The Morgan fingerprint density at radius 3 is 2.17 bits per heavy atom. The van der Waals surface area contributed by atoms with Crippen LogP contribution < -0.4 is 5.32 Å². The van der Waals surface area contributed by atoms with Crippen molar-refractivity contribution in [1.82, 2.24) is 5.32 Å². The lowest BCUT2D eigenvalue weighted by Crippen LogP contribution is -2.43. The molecule has 0 aliphatic heterocycles. The Hall–Kier alpha value is -2.17. The first-order valence-electron chi connectivity index (χ1n) is 5.56. The van der Waals surface area contributed by atoms with E-state index in [1.807, 2.05) is 6.07 Å². The molecule has 2 N–H and O–H groups in total. The summed E-state index contributed by atoms with van der Waals surface area (Å²) in [5, 5.41) is 10.8. The SMILES string of the molecule is CC(NC(=O)C(=O)C(C)c1ccccc1)C(=O)O. The van der Waals surface area contributed by atoms with E-state index in [4.69, 9.17) is 5.11 Å². The second kappa shape index (κ2) is 5.95. The summed E-state index contributed by atoms with van der Waals surface area (Å²) in [6, 6.07) is 7.78. The van der Waals surface area contributed by atoms with E-state index in [2.05, 4.69) is 5.32 Å². The molecule has 2 atom stereocenters. The van der Waals surface area contributed by atoms with Crippen molar-refractivity contribution >= 4 is 17.7 Å². The maximum Gasteiger partial charge on any atom is 0.325 e. The third-order valence-corrected chi connectivity index (χ3v) is 2.63. The van der Waals surface area contributed by atoms with Gasteiger partial charge in [-0.1, -0.05) is 37.3 Å². The van der Waals surface area contributed by atoms with Gasteiger partial charge < -0.3 is 10.4 Å². The average molecular weight is 249 g/mol. The van der Waals surface area contributed by atoms with Gasteiger partial charge in [-0.25, -0.2) is 0 Å². The van der Waals surface area contributed by atoms with Gasteiger partial charge in [-0.3, -0.25) is 14.4 Å². The Kier molecular flexibility index (Phi) is 4.59. The third-order valence-electron chi connectivity index (χ3n) is 2.63. The van der Waals surface area contributed by atoms with E-state index in [9.17, 15) is 14.4 Å². The highest BCUT2D eigenvalue weighted by atomic mass is 16.4. The summed E-state index contributed by atoms with van der Waals surface area (Å²) in [5.41, 5.74) is 0.723. The van der Waals surface area contributed by atoms with E-state index in [-0.39, 0.29) is 0 Å². The summed E-state index contributed by atoms with van der Waals surface area (Å²) < 4.78 is 0. The molecule has 18 heavy (non-hydrogen) atoms. The minimum atomic E-state index is -1.18. The predicted molar refractivity (Wildman–Crippen MR) is 65.1 cm³/mol. The summed E-state index contributed by atoms with van der Waals surface area (Å²) in [6.07, 6.45) is 0. The maximum absolute atomic E-state index is 11.8. The minimum Gasteiger partial charge on any atom is -0.480 e. The fraction of sp³-hybridized carbons (Fsp3) is 0.308. The maximum atomic E-state index is 11.8. The number of ketones is 1. The third kappa shape index (κ3) is 3.41. The van der Waals surface area contributed by atoms with Crippen LogP contribution in [-0.2, 0) is 14.4 Å². The van der Waals surface area contributed by atoms with Gasteiger partial charge >= 0.3 is 5.97 Å². The van der Waals surface area contributed by atoms with Gasteiger partial charge in [-0.05, 0) is 12.5 Å². The van der Waals surface area contributed by atoms with Crippen LogP contribution in [0.15, 0.2) is 30.3 Å². The molecule has 2 unspecified atom stereocenters. The zero-order chi connectivity index (χ0) is 13.7. The lowest BCUT2D eigenvalue weighted by atomic mass is 9.96. The number of carboxylic acids is 1. The second-order valence-electron chi connectivity index (χ2n) is 4.03. The van der Waals surface area contributed by atoms with E-state index in [1.165, 1.54) is 6.92 Å². The summed E-state index contributed by atoms with van der Waals surface area (Å²) in [5.74, 6) is -3.29. The summed E-state index contributed by atoms with van der Waals surface area (Å²) in [6.45, 7) is 2.92. The number of Topliss-reactive ketones (excluding diaryl/α,β-unsaturated/α-hetero) is 1. The molecular formula is C13H15NO4. The molecular weight excluding hydrogens is 234 g/mol. The molecule has 1 amide bonds. The van der Waals surface area contributed by atoms with Crippen LogP contribution in [0.25, 0.3) is 0 Å². The molecule has 0 saturated heterocycles. The van der Waals surface area contributed by atoms with Crippen LogP contribution in [0.3, 0.4) is 0 Å². The number of aliphatic carboxylic acids is 1. The predicted octanol–water partition coefficient (Wildman–Crippen LogP) is 0.948. The van der Waals surface area contributed by atoms with Crippen LogP contribution in [0.4, 0.5) is 0 Å². The number of carbonyl (C=O) groups excluding carboxylic acids is 2. The number of hydrogen-bond donors (Lipinski definition) is 2. The molecule has 1 aromatic rings. The number of hydrogen-bond acceptors (Lipinski definition) is 3. The van der Waals surface area contributed by atoms with Crippen molar-refractivity contribution in [2.45, 2.75) is 25.8 Å². The number of amides is 1. The molecule has 0 radical (unpaired) electrons. The monoisotopic (exact) mass is 249 g/mol. The van der Waals surface area contributed by atoms with Gasteiger partial charge in [0.05, 0.1) is 0 Å². The Bertz CT molecular complexity index is 455.